The third-order valence-corrected chi connectivity index (χ3v) is 1.92. The van der Waals surface area contributed by atoms with Crippen molar-refractivity contribution < 1.29 is 19.8 Å². The maximum Gasteiger partial charge on any atom is 0.326 e. The summed E-state index contributed by atoms with van der Waals surface area (Å²) in [6.07, 6.45) is -0.855. The van der Waals surface area contributed by atoms with Gasteiger partial charge in [0.25, 0.3) is 0 Å². The number of aliphatic hydroxyl groups excluding tert-OH is 1. The zero-order chi connectivity index (χ0) is 11.3. The number of carbonyl (C=O) groups is 2. The smallest absolute Gasteiger partial charge is 0.326 e. The van der Waals surface area contributed by atoms with E-state index in [1.165, 1.54) is 0 Å². The Hall–Kier alpha value is -1.10. The molecule has 0 radical (unpaired) electrons. The quantitative estimate of drug-likeness (QED) is 0.586. The first kappa shape index (κ1) is 12.9. The summed E-state index contributed by atoms with van der Waals surface area (Å²) in [6, 6.07) is -0.941. The molecule has 0 aliphatic carbocycles. The van der Waals surface area contributed by atoms with Crippen LogP contribution in [-0.4, -0.2) is 34.2 Å². The molecule has 5 nitrogen and oxygen atoms in total. The molecule has 0 spiro atoms. The van der Waals surface area contributed by atoms with Crippen LogP contribution in [0.5, 0.6) is 0 Å². The Balaban J connectivity index is 4.31. The lowest BCUT2D eigenvalue weighted by molar-refractivity contribution is -0.144. The van der Waals surface area contributed by atoms with Gasteiger partial charge in [0.05, 0.1) is 0 Å². The molecule has 0 aromatic heterocycles. The van der Waals surface area contributed by atoms with E-state index < -0.39 is 24.0 Å². The molecule has 0 aromatic rings. The van der Waals surface area contributed by atoms with Gasteiger partial charge in [-0.15, -0.1) is 0 Å². The van der Waals surface area contributed by atoms with Crippen LogP contribution in [-0.2, 0) is 9.59 Å². The van der Waals surface area contributed by atoms with Crippen LogP contribution in [0.4, 0.5) is 0 Å². The van der Waals surface area contributed by atoms with E-state index in [1.54, 1.807) is 20.8 Å². The third-order valence-electron chi connectivity index (χ3n) is 1.92. The number of hydrogen-bond donors (Lipinski definition) is 3. The third kappa shape index (κ3) is 3.74. The summed E-state index contributed by atoms with van der Waals surface area (Å²) in [7, 11) is 0. The van der Waals surface area contributed by atoms with Crippen molar-refractivity contribution in [2.45, 2.75) is 39.3 Å². The van der Waals surface area contributed by atoms with Crippen LogP contribution in [0.15, 0.2) is 0 Å². The largest absolute Gasteiger partial charge is 0.480 e. The van der Waals surface area contributed by atoms with Crippen LogP contribution in [0.25, 0.3) is 0 Å². The number of carboxylic acids is 1. The number of aliphatic carboxylic acids is 1. The van der Waals surface area contributed by atoms with Crippen molar-refractivity contribution >= 4 is 11.9 Å². The van der Waals surface area contributed by atoms with Crippen LogP contribution in [0, 0.1) is 5.92 Å². The highest BCUT2D eigenvalue weighted by atomic mass is 16.4. The van der Waals surface area contributed by atoms with Crippen LogP contribution in [0.2, 0.25) is 0 Å². The molecular formula is C9H17NO4. The molecule has 0 aromatic carbocycles. The SMILES string of the molecule is CCC(O)C(=O)N[C@H](C(=O)O)C(C)C. The Labute approximate surface area is 83.1 Å². The molecule has 0 rings (SSSR count). The molecule has 0 saturated heterocycles. The summed E-state index contributed by atoms with van der Waals surface area (Å²) >= 11 is 0. The Kier molecular flexibility index (Phi) is 5.15. The van der Waals surface area contributed by atoms with Gasteiger partial charge < -0.3 is 15.5 Å². The van der Waals surface area contributed by atoms with Crippen molar-refractivity contribution in [2.75, 3.05) is 0 Å². The van der Waals surface area contributed by atoms with Crippen molar-refractivity contribution in [1.29, 1.82) is 0 Å². The molecule has 0 saturated carbocycles. The number of aliphatic hydroxyl groups is 1. The predicted octanol–water partition coefficient (Wildman–Crippen LogP) is -0.0173. The van der Waals surface area contributed by atoms with Gasteiger partial charge in [-0.05, 0) is 12.3 Å². The number of carbonyl (C=O) groups excluding carboxylic acids is 1. The number of carboxylic acid groups (broad SMARTS) is 1. The van der Waals surface area contributed by atoms with Crippen LogP contribution < -0.4 is 5.32 Å². The molecule has 0 bridgehead atoms. The van der Waals surface area contributed by atoms with Crippen molar-refractivity contribution in [3.05, 3.63) is 0 Å². The molecular weight excluding hydrogens is 186 g/mol. The van der Waals surface area contributed by atoms with Gasteiger partial charge in [0, 0.05) is 0 Å². The minimum Gasteiger partial charge on any atom is -0.480 e. The number of rotatable bonds is 5. The normalized spacial score (nSPS) is 14.9. The first-order valence-electron chi connectivity index (χ1n) is 4.61. The zero-order valence-corrected chi connectivity index (χ0v) is 8.65. The lowest BCUT2D eigenvalue weighted by Crippen LogP contribution is -2.48. The predicted molar refractivity (Wildman–Crippen MR) is 50.7 cm³/mol. The average Bonchev–Trinajstić information content (AvgIpc) is 2.11. The van der Waals surface area contributed by atoms with Crippen LogP contribution in [0.1, 0.15) is 27.2 Å². The van der Waals surface area contributed by atoms with Crippen LogP contribution >= 0.6 is 0 Å². The summed E-state index contributed by atoms with van der Waals surface area (Å²) in [5, 5.41) is 20.2. The second-order valence-electron chi connectivity index (χ2n) is 3.49. The second-order valence-corrected chi connectivity index (χ2v) is 3.49. The summed E-state index contributed by atoms with van der Waals surface area (Å²) in [4.78, 5) is 21.9. The van der Waals surface area contributed by atoms with Gasteiger partial charge in [-0.25, -0.2) is 4.79 Å². The summed E-state index contributed by atoms with van der Waals surface area (Å²) in [5.41, 5.74) is 0. The summed E-state index contributed by atoms with van der Waals surface area (Å²) in [6.45, 7) is 5.03. The molecule has 0 fully saturated rings. The number of amides is 1. The lowest BCUT2D eigenvalue weighted by atomic mass is 10.0. The molecule has 3 N–H and O–H groups in total. The van der Waals surface area contributed by atoms with E-state index in [0.29, 0.717) is 0 Å². The fourth-order valence-electron chi connectivity index (χ4n) is 0.948. The van der Waals surface area contributed by atoms with E-state index in [2.05, 4.69) is 5.32 Å². The highest BCUT2D eigenvalue weighted by Gasteiger charge is 2.25. The van der Waals surface area contributed by atoms with Gasteiger partial charge in [0.2, 0.25) is 5.91 Å². The maximum absolute atomic E-state index is 11.2. The minimum absolute atomic E-state index is 0.208. The standard InChI is InChI=1S/C9H17NO4/c1-4-6(11)8(12)10-7(5(2)3)9(13)14/h5-7,11H,4H2,1-3H3,(H,10,12)(H,13,14)/t6?,7-/m0/s1. The fourth-order valence-corrected chi connectivity index (χ4v) is 0.948. The Bertz CT molecular complexity index is 215. The molecule has 82 valence electrons. The molecule has 5 heteroatoms. The van der Waals surface area contributed by atoms with E-state index in [0.717, 1.165) is 0 Å². The van der Waals surface area contributed by atoms with Gasteiger partial charge in [0.1, 0.15) is 12.1 Å². The molecule has 2 atom stereocenters. The Morgan fingerprint density at radius 1 is 1.36 bits per heavy atom. The van der Waals surface area contributed by atoms with Gasteiger partial charge in [-0.2, -0.15) is 0 Å². The first-order chi connectivity index (χ1) is 6.40. The van der Waals surface area contributed by atoms with E-state index in [9.17, 15) is 9.59 Å². The number of nitrogens with one attached hydrogen (secondary N) is 1. The van der Waals surface area contributed by atoms with Gasteiger partial charge >= 0.3 is 5.97 Å². The topological polar surface area (TPSA) is 86.6 Å². The van der Waals surface area contributed by atoms with E-state index in [1.807, 2.05) is 0 Å². The monoisotopic (exact) mass is 203 g/mol. The molecule has 1 unspecified atom stereocenters. The Morgan fingerprint density at radius 3 is 2.14 bits per heavy atom. The first-order valence-corrected chi connectivity index (χ1v) is 4.61. The molecule has 14 heavy (non-hydrogen) atoms. The number of hydrogen-bond acceptors (Lipinski definition) is 3. The van der Waals surface area contributed by atoms with Crippen molar-refractivity contribution in [2.24, 2.45) is 5.92 Å². The van der Waals surface area contributed by atoms with E-state index in [-0.39, 0.29) is 12.3 Å². The highest BCUT2D eigenvalue weighted by Crippen LogP contribution is 2.02. The minimum atomic E-state index is -1.13. The molecule has 1 amide bonds. The lowest BCUT2D eigenvalue weighted by Gasteiger charge is -2.19. The van der Waals surface area contributed by atoms with Gasteiger partial charge in [-0.3, -0.25) is 4.79 Å². The van der Waals surface area contributed by atoms with Gasteiger partial charge in [0.15, 0.2) is 0 Å². The molecule has 0 heterocycles. The van der Waals surface area contributed by atoms with Crippen molar-refractivity contribution in [3.8, 4) is 0 Å². The second kappa shape index (κ2) is 5.59. The van der Waals surface area contributed by atoms with E-state index >= 15 is 0 Å². The van der Waals surface area contributed by atoms with Gasteiger partial charge in [-0.1, -0.05) is 20.8 Å². The molecule has 0 aliphatic rings. The summed E-state index contributed by atoms with van der Waals surface area (Å²) in [5.74, 6) is -1.93. The maximum atomic E-state index is 11.2. The van der Waals surface area contributed by atoms with Crippen molar-refractivity contribution in [3.63, 3.8) is 0 Å². The zero-order valence-electron chi connectivity index (χ0n) is 8.65. The van der Waals surface area contributed by atoms with E-state index in [4.69, 9.17) is 10.2 Å². The van der Waals surface area contributed by atoms with Crippen molar-refractivity contribution in [1.82, 2.24) is 5.32 Å². The van der Waals surface area contributed by atoms with Crippen LogP contribution in [0.3, 0.4) is 0 Å². The fraction of sp³-hybridized carbons (Fsp3) is 0.778. The summed E-state index contributed by atoms with van der Waals surface area (Å²) < 4.78 is 0. The molecule has 0 aliphatic heterocycles. The Morgan fingerprint density at radius 2 is 1.86 bits per heavy atom. The average molecular weight is 203 g/mol. The highest BCUT2D eigenvalue weighted by molar-refractivity contribution is 5.86.